The number of benzene rings is 1. The number of anilines is 1. The lowest BCUT2D eigenvalue weighted by atomic mass is 10.2. The summed E-state index contributed by atoms with van der Waals surface area (Å²) in [5, 5.41) is 7.68. The molecule has 1 aromatic carbocycles. The number of thiophene rings is 1. The molecule has 0 bridgehead atoms. The normalized spacial score (nSPS) is 15.7. The van der Waals surface area contributed by atoms with Gasteiger partial charge in [0.15, 0.2) is 0 Å². The Labute approximate surface area is 174 Å². The second-order valence-corrected chi connectivity index (χ2v) is 8.00. The highest BCUT2D eigenvalue weighted by atomic mass is 32.1. The number of amides is 2. The topological polar surface area (TPSA) is 64.7 Å². The van der Waals surface area contributed by atoms with Crippen LogP contribution in [0, 0.1) is 5.82 Å². The molecule has 1 aliphatic rings. The van der Waals surface area contributed by atoms with Crippen molar-refractivity contribution in [2.24, 2.45) is 0 Å². The molecule has 0 aliphatic carbocycles. The monoisotopic (exact) mass is 418 g/mol. The lowest BCUT2D eigenvalue weighted by molar-refractivity contribution is -0.126. The van der Waals surface area contributed by atoms with Crippen molar-refractivity contribution in [1.82, 2.24) is 15.5 Å². The molecule has 2 heterocycles. The average Bonchev–Trinajstić information content (AvgIpc) is 3.28. The molecule has 0 spiro atoms. The number of nitrogens with one attached hydrogen (secondary N) is 2. The van der Waals surface area contributed by atoms with Crippen molar-refractivity contribution in [3.8, 4) is 0 Å². The predicted octanol–water partition coefficient (Wildman–Crippen LogP) is 2.33. The average molecular weight is 419 g/mol. The first-order chi connectivity index (χ1) is 14.0. The Morgan fingerprint density at radius 3 is 2.41 bits per heavy atom. The maximum atomic E-state index is 13.1. The van der Waals surface area contributed by atoms with Crippen LogP contribution in [0.4, 0.5) is 10.1 Å². The highest BCUT2D eigenvalue weighted by molar-refractivity contribution is 7.12. The van der Waals surface area contributed by atoms with Crippen molar-refractivity contribution in [2.45, 2.75) is 19.4 Å². The standard InChI is InChI=1S/C21H27FN4O2S/c1-16(20(27)23-9-3-10-24-21(28)19-4-2-15-29-19)25-11-13-26(14-12-25)18-7-5-17(22)6-8-18/h2,4-8,15-16H,3,9-14H2,1H3,(H,23,27)(H,24,28). The van der Waals surface area contributed by atoms with E-state index in [2.05, 4.69) is 20.4 Å². The molecule has 2 amide bonds. The lowest BCUT2D eigenvalue weighted by Gasteiger charge is -2.38. The molecule has 0 saturated carbocycles. The molecule has 2 N–H and O–H groups in total. The van der Waals surface area contributed by atoms with Crippen LogP contribution in [-0.4, -0.2) is 62.0 Å². The zero-order chi connectivity index (χ0) is 20.6. The van der Waals surface area contributed by atoms with Crippen LogP contribution in [0.3, 0.4) is 0 Å². The third-order valence-electron chi connectivity index (χ3n) is 5.12. The summed E-state index contributed by atoms with van der Waals surface area (Å²) >= 11 is 1.41. The Morgan fingerprint density at radius 2 is 1.76 bits per heavy atom. The van der Waals surface area contributed by atoms with Gasteiger partial charge in [0.2, 0.25) is 5.91 Å². The van der Waals surface area contributed by atoms with Gasteiger partial charge in [-0.3, -0.25) is 14.5 Å². The van der Waals surface area contributed by atoms with E-state index in [9.17, 15) is 14.0 Å². The van der Waals surface area contributed by atoms with Crippen LogP contribution >= 0.6 is 11.3 Å². The number of halogens is 1. The molecule has 0 radical (unpaired) electrons. The van der Waals surface area contributed by atoms with E-state index >= 15 is 0 Å². The van der Waals surface area contributed by atoms with Crippen molar-refractivity contribution in [3.05, 3.63) is 52.5 Å². The third kappa shape index (κ3) is 6.01. The molecule has 6 nitrogen and oxygen atoms in total. The highest BCUT2D eigenvalue weighted by Crippen LogP contribution is 2.17. The number of piperazine rings is 1. The van der Waals surface area contributed by atoms with E-state index in [0.717, 1.165) is 31.9 Å². The van der Waals surface area contributed by atoms with Crippen molar-refractivity contribution in [2.75, 3.05) is 44.2 Å². The number of nitrogens with zero attached hydrogens (tertiary/aromatic N) is 2. The van der Waals surface area contributed by atoms with Gasteiger partial charge in [-0.1, -0.05) is 6.07 Å². The van der Waals surface area contributed by atoms with E-state index in [0.29, 0.717) is 24.4 Å². The summed E-state index contributed by atoms with van der Waals surface area (Å²) in [7, 11) is 0. The van der Waals surface area contributed by atoms with Crippen molar-refractivity contribution >= 4 is 28.8 Å². The van der Waals surface area contributed by atoms with E-state index in [1.54, 1.807) is 18.2 Å². The summed E-state index contributed by atoms with van der Waals surface area (Å²) in [6, 6.07) is 9.96. The number of rotatable bonds is 8. The summed E-state index contributed by atoms with van der Waals surface area (Å²) in [6.45, 7) is 6.15. The van der Waals surface area contributed by atoms with Gasteiger partial charge >= 0.3 is 0 Å². The predicted molar refractivity (Wildman–Crippen MR) is 114 cm³/mol. The second kappa shape index (κ2) is 10.4. The maximum Gasteiger partial charge on any atom is 0.261 e. The van der Waals surface area contributed by atoms with Gasteiger partial charge < -0.3 is 15.5 Å². The molecular formula is C21H27FN4O2S. The number of carbonyl (C=O) groups is 2. The SMILES string of the molecule is CC(C(=O)NCCCNC(=O)c1cccs1)N1CCN(c2ccc(F)cc2)CC1. The number of carbonyl (C=O) groups excluding carboxylic acids is 2. The van der Waals surface area contributed by atoms with E-state index < -0.39 is 0 Å². The van der Waals surface area contributed by atoms with Crippen LogP contribution in [0.2, 0.25) is 0 Å². The Balaban J connectivity index is 1.33. The molecule has 8 heteroatoms. The van der Waals surface area contributed by atoms with E-state index in [-0.39, 0.29) is 23.7 Å². The third-order valence-corrected chi connectivity index (χ3v) is 5.99. The largest absolute Gasteiger partial charge is 0.369 e. The quantitative estimate of drug-likeness (QED) is 0.646. The van der Waals surface area contributed by atoms with E-state index in [4.69, 9.17) is 0 Å². The summed E-state index contributed by atoms with van der Waals surface area (Å²) in [5.74, 6) is -0.299. The van der Waals surface area contributed by atoms with E-state index in [1.165, 1.54) is 23.5 Å². The molecule has 2 aromatic rings. The van der Waals surface area contributed by atoms with Gasteiger partial charge in [-0.05, 0) is 49.1 Å². The fourth-order valence-corrected chi connectivity index (χ4v) is 3.97. The summed E-state index contributed by atoms with van der Waals surface area (Å²) in [4.78, 5) is 29.3. The van der Waals surface area contributed by atoms with Gasteiger partial charge in [0, 0.05) is 45.0 Å². The fourth-order valence-electron chi connectivity index (χ4n) is 3.33. The summed E-state index contributed by atoms with van der Waals surface area (Å²) in [5.41, 5.74) is 1.01. The molecule has 1 saturated heterocycles. The van der Waals surface area contributed by atoms with E-state index in [1.807, 2.05) is 18.4 Å². The van der Waals surface area contributed by atoms with Crippen molar-refractivity contribution in [1.29, 1.82) is 0 Å². The Morgan fingerprint density at radius 1 is 1.07 bits per heavy atom. The van der Waals surface area contributed by atoms with Crippen LogP contribution in [0.25, 0.3) is 0 Å². The Bertz CT molecular complexity index is 790. The lowest BCUT2D eigenvalue weighted by Crippen LogP contribution is -2.54. The minimum absolute atomic E-state index is 0.00446. The van der Waals surface area contributed by atoms with Gasteiger partial charge in [0.25, 0.3) is 5.91 Å². The molecule has 1 unspecified atom stereocenters. The maximum absolute atomic E-state index is 13.1. The zero-order valence-corrected chi connectivity index (χ0v) is 17.4. The van der Waals surface area contributed by atoms with Crippen molar-refractivity contribution in [3.63, 3.8) is 0 Å². The molecular weight excluding hydrogens is 391 g/mol. The molecule has 1 aliphatic heterocycles. The fraction of sp³-hybridized carbons (Fsp3) is 0.429. The second-order valence-electron chi connectivity index (χ2n) is 7.05. The van der Waals surface area contributed by atoms with Gasteiger partial charge in [-0.15, -0.1) is 11.3 Å². The molecule has 3 rings (SSSR count). The van der Waals surface area contributed by atoms with Crippen LogP contribution in [0.15, 0.2) is 41.8 Å². The highest BCUT2D eigenvalue weighted by Gasteiger charge is 2.25. The van der Waals surface area contributed by atoms with Gasteiger partial charge in [0.1, 0.15) is 5.82 Å². The minimum Gasteiger partial charge on any atom is -0.369 e. The first-order valence-corrected chi connectivity index (χ1v) is 10.8. The summed E-state index contributed by atoms with van der Waals surface area (Å²) < 4.78 is 13.1. The minimum atomic E-state index is -0.233. The van der Waals surface area contributed by atoms with Gasteiger partial charge in [0.05, 0.1) is 10.9 Å². The van der Waals surface area contributed by atoms with Crippen LogP contribution in [0.5, 0.6) is 0 Å². The smallest absolute Gasteiger partial charge is 0.261 e. The number of hydrogen-bond acceptors (Lipinski definition) is 5. The molecule has 1 fully saturated rings. The molecule has 156 valence electrons. The zero-order valence-electron chi connectivity index (χ0n) is 16.6. The number of hydrogen-bond donors (Lipinski definition) is 2. The molecule has 1 atom stereocenters. The summed E-state index contributed by atoms with van der Waals surface area (Å²) in [6.07, 6.45) is 0.688. The first kappa shape index (κ1) is 21.3. The Hall–Kier alpha value is -2.45. The van der Waals surface area contributed by atoms with Crippen LogP contribution in [-0.2, 0) is 4.79 Å². The van der Waals surface area contributed by atoms with Crippen LogP contribution < -0.4 is 15.5 Å². The Kier molecular flexibility index (Phi) is 7.60. The van der Waals surface area contributed by atoms with Crippen molar-refractivity contribution < 1.29 is 14.0 Å². The molecule has 29 heavy (non-hydrogen) atoms. The first-order valence-electron chi connectivity index (χ1n) is 9.88. The molecule has 1 aromatic heterocycles. The van der Waals surface area contributed by atoms with Crippen LogP contribution in [0.1, 0.15) is 23.0 Å². The van der Waals surface area contributed by atoms with Gasteiger partial charge in [-0.2, -0.15) is 0 Å². The van der Waals surface area contributed by atoms with Gasteiger partial charge in [-0.25, -0.2) is 4.39 Å².